The van der Waals surface area contributed by atoms with Gasteiger partial charge in [-0.2, -0.15) is 0 Å². The van der Waals surface area contributed by atoms with Crippen LogP contribution in [0.2, 0.25) is 0 Å². The Balaban J connectivity index is 2.04. The van der Waals surface area contributed by atoms with E-state index in [-0.39, 0.29) is 28.9 Å². The third-order valence-electron chi connectivity index (χ3n) is 5.70. The molecule has 0 saturated heterocycles. The Kier molecular flexibility index (Phi) is 9.34. The van der Waals surface area contributed by atoms with E-state index in [1.807, 2.05) is 0 Å². The van der Waals surface area contributed by atoms with Gasteiger partial charge in [0.1, 0.15) is 0 Å². The number of nitrogens with one attached hydrogen (secondary N) is 1. The summed E-state index contributed by atoms with van der Waals surface area (Å²) >= 11 is 3.37. The zero-order valence-corrected chi connectivity index (χ0v) is 20.6. The van der Waals surface area contributed by atoms with E-state index in [1.165, 1.54) is 0 Å². The number of anilines is 1. The molecule has 1 aromatic rings. The molecule has 6 nitrogen and oxygen atoms in total. The first kappa shape index (κ1) is 24.9. The van der Waals surface area contributed by atoms with Crippen molar-refractivity contribution in [3.8, 4) is 0 Å². The van der Waals surface area contributed by atoms with Gasteiger partial charge in [-0.25, -0.2) is 8.42 Å². The zero-order valence-electron chi connectivity index (χ0n) is 18.2. The SMILES string of the molecule is CCCC[C@@H](CC)CNC(=O)CCS(=O)(=O)c1cc2c(cc1Br)CCN2C(=O)CC. The van der Waals surface area contributed by atoms with Crippen LogP contribution in [0.5, 0.6) is 0 Å². The molecule has 0 aliphatic carbocycles. The summed E-state index contributed by atoms with van der Waals surface area (Å²) in [6, 6.07) is 3.36. The minimum Gasteiger partial charge on any atom is -0.356 e. The van der Waals surface area contributed by atoms with E-state index in [1.54, 1.807) is 24.0 Å². The summed E-state index contributed by atoms with van der Waals surface area (Å²) in [6.07, 6.45) is 5.32. The summed E-state index contributed by atoms with van der Waals surface area (Å²) in [6.45, 7) is 7.20. The average molecular weight is 501 g/mol. The summed E-state index contributed by atoms with van der Waals surface area (Å²) in [5, 5.41) is 2.88. The molecular formula is C22H33BrN2O4S. The molecule has 0 radical (unpaired) electrons. The Bertz CT molecular complexity index is 870. The molecule has 0 spiro atoms. The summed E-state index contributed by atoms with van der Waals surface area (Å²) in [5.41, 5.74) is 1.62. The first-order valence-electron chi connectivity index (χ1n) is 10.9. The van der Waals surface area contributed by atoms with Gasteiger partial charge in [0.25, 0.3) is 0 Å². The lowest BCUT2D eigenvalue weighted by molar-refractivity contribution is -0.121. The minimum atomic E-state index is -3.67. The van der Waals surface area contributed by atoms with Gasteiger partial charge in [-0.3, -0.25) is 9.59 Å². The largest absolute Gasteiger partial charge is 0.356 e. The van der Waals surface area contributed by atoms with E-state index < -0.39 is 9.84 Å². The van der Waals surface area contributed by atoms with E-state index in [4.69, 9.17) is 0 Å². The normalized spacial score (nSPS) is 14.5. The van der Waals surface area contributed by atoms with Crippen LogP contribution in [-0.4, -0.2) is 39.1 Å². The standard InChI is InChI=1S/C22H33BrN2O4S/c1-4-7-8-16(5-2)15-24-21(26)10-12-30(28,29)20-14-19-17(13-18(20)23)9-11-25(19)22(27)6-3/h13-14,16H,4-12,15H2,1-3H3,(H,24,26)/t16-/m1/s1. The molecule has 1 aromatic carbocycles. The zero-order chi connectivity index (χ0) is 22.3. The first-order valence-corrected chi connectivity index (χ1v) is 13.3. The fourth-order valence-corrected chi connectivity index (χ4v) is 6.16. The maximum atomic E-state index is 12.9. The number of hydrogen-bond donors (Lipinski definition) is 1. The van der Waals surface area contributed by atoms with Crippen LogP contribution in [0.4, 0.5) is 5.69 Å². The lowest BCUT2D eigenvalue weighted by Crippen LogP contribution is -2.30. The van der Waals surface area contributed by atoms with Gasteiger partial charge in [-0.1, -0.05) is 40.0 Å². The lowest BCUT2D eigenvalue weighted by Gasteiger charge is -2.18. The van der Waals surface area contributed by atoms with Crippen LogP contribution in [0.25, 0.3) is 0 Å². The van der Waals surface area contributed by atoms with Gasteiger partial charge in [0.05, 0.1) is 10.6 Å². The van der Waals surface area contributed by atoms with Crippen molar-refractivity contribution in [3.05, 3.63) is 22.2 Å². The van der Waals surface area contributed by atoms with Crippen LogP contribution in [0.15, 0.2) is 21.5 Å². The van der Waals surface area contributed by atoms with Crippen LogP contribution in [0.3, 0.4) is 0 Å². The van der Waals surface area contributed by atoms with Crippen LogP contribution in [0, 0.1) is 5.92 Å². The Hall–Kier alpha value is -1.41. The van der Waals surface area contributed by atoms with E-state index in [2.05, 4.69) is 35.1 Å². The van der Waals surface area contributed by atoms with Crippen molar-refractivity contribution in [2.75, 3.05) is 23.7 Å². The number of fused-ring (bicyclic) bond motifs is 1. The van der Waals surface area contributed by atoms with Crippen LogP contribution >= 0.6 is 15.9 Å². The van der Waals surface area contributed by atoms with Crippen molar-refractivity contribution in [3.63, 3.8) is 0 Å². The second-order valence-electron chi connectivity index (χ2n) is 7.85. The monoisotopic (exact) mass is 500 g/mol. The first-order chi connectivity index (χ1) is 14.2. The van der Waals surface area contributed by atoms with Crippen molar-refractivity contribution >= 4 is 43.3 Å². The third kappa shape index (κ3) is 6.30. The van der Waals surface area contributed by atoms with Gasteiger partial charge in [-0.05, 0) is 52.4 Å². The molecule has 0 bridgehead atoms. The van der Waals surface area contributed by atoms with Gasteiger partial charge in [0.15, 0.2) is 9.84 Å². The second-order valence-corrected chi connectivity index (χ2v) is 10.8. The highest BCUT2D eigenvalue weighted by Gasteiger charge is 2.28. The molecule has 168 valence electrons. The smallest absolute Gasteiger partial charge is 0.226 e. The maximum Gasteiger partial charge on any atom is 0.226 e. The Morgan fingerprint density at radius 1 is 1.23 bits per heavy atom. The molecule has 0 fully saturated rings. The summed E-state index contributed by atoms with van der Waals surface area (Å²) in [5.74, 6) is -0.0941. The summed E-state index contributed by atoms with van der Waals surface area (Å²) < 4.78 is 26.3. The number of hydrogen-bond acceptors (Lipinski definition) is 4. The van der Waals surface area contributed by atoms with Crippen molar-refractivity contribution in [1.29, 1.82) is 0 Å². The molecule has 1 N–H and O–H groups in total. The van der Waals surface area contributed by atoms with Crippen LogP contribution in [0.1, 0.15) is 64.9 Å². The topological polar surface area (TPSA) is 83.6 Å². The molecule has 1 aliphatic heterocycles. The Morgan fingerprint density at radius 3 is 2.60 bits per heavy atom. The third-order valence-corrected chi connectivity index (χ3v) is 8.36. The highest BCUT2D eigenvalue weighted by atomic mass is 79.9. The van der Waals surface area contributed by atoms with Gasteiger partial charge in [0, 0.05) is 36.1 Å². The van der Waals surface area contributed by atoms with Crippen LogP contribution in [-0.2, 0) is 25.8 Å². The molecule has 1 atom stereocenters. The number of rotatable bonds is 11. The fraction of sp³-hybridized carbons (Fsp3) is 0.636. The van der Waals surface area contributed by atoms with Gasteiger partial charge >= 0.3 is 0 Å². The number of nitrogens with zero attached hydrogens (tertiary/aromatic N) is 1. The molecular weight excluding hydrogens is 468 g/mol. The number of carbonyl (C=O) groups excluding carboxylic acids is 2. The molecule has 1 heterocycles. The molecule has 30 heavy (non-hydrogen) atoms. The Morgan fingerprint density at radius 2 is 1.97 bits per heavy atom. The molecule has 0 aromatic heterocycles. The summed E-state index contributed by atoms with van der Waals surface area (Å²) in [4.78, 5) is 26.2. The molecule has 0 unspecified atom stereocenters. The van der Waals surface area contributed by atoms with Crippen molar-refractivity contribution in [2.45, 2.75) is 70.6 Å². The fourth-order valence-electron chi connectivity index (χ4n) is 3.70. The van der Waals surface area contributed by atoms with E-state index in [0.29, 0.717) is 42.0 Å². The number of amides is 2. The predicted molar refractivity (Wildman–Crippen MR) is 123 cm³/mol. The summed E-state index contributed by atoms with van der Waals surface area (Å²) in [7, 11) is -3.67. The van der Waals surface area contributed by atoms with Gasteiger partial charge < -0.3 is 10.2 Å². The van der Waals surface area contributed by atoms with Crippen molar-refractivity contribution < 1.29 is 18.0 Å². The number of unbranched alkanes of at least 4 members (excludes halogenated alkanes) is 1. The quantitative estimate of drug-likeness (QED) is 0.492. The van der Waals surface area contributed by atoms with E-state index in [0.717, 1.165) is 31.2 Å². The van der Waals surface area contributed by atoms with E-state index in [9.17, 15) is 18.0 Å². The number of carbonyl (C=O) groups is 2. The van der Waals surface area contributed by atoms with Crippen molar-refractivity contribution in [2.24, 2.45) is 5.92 Å². The number of halogens is 1. The molecule has 8 heteroatoms. The average Bonchev–Trinajstić information content (AvgIpc) is 3.13. The Labute approximate surface area is 188 Å². The second kappa shape index (κ2) is 11.3. The molecule has 1 aliphatic rings. The van der Waals surface area contributed by atoms with Gasteiger partial charge in [-0.15, -0.1) is 0 Å². The highest BCUT2D eigenvalue weighted by molar-refractivity contribution is 9.10. The van der Waals surface area contributed by atoms with Gasteiger partial charge in [0.2, 0.25) is 11.8 Å². The molecule has 0 saturated carbocycles. The van der Waals surface area contributed by atoms with Crippen molar-refractivity contribution in [1.82, 2.24) is 5.32 Å². The molecule has 2 amide bonds. The van der Waals surface area contributed by atoms with Crippen LogP contribution < -0.4 is 10.2 Å². The van der Waals surface area contributed by atoms with E-state index >= 15 is 0 Å². The highest BCUT2D eigenvalue weighted by Crippen LogP contribution is 2.36. The maximum absolute atomic E-state index is 12.9. The minimum absolute atomic E-state index is 0.0210. The predicted octanol–water partition coefficient (Wildman–Crippen LogP) is 4.24. The number of sulfone groups is 1. The number of benzene rings is 1. The molecule has 2 rings (SSSR count). The lowest BCUT2D eigenvalue weighted by atomic mass is 9.99.